The van der Waals surface area contributed by atoms with Crippen molar-refractivity contribution in [2.45, 2.75) is 120 Å². The number of unbranched alkanes of at least 4 members (excludes halogenated alkanes) is 8. The maximum Gasteiger partial charge on any atom is 0.345 e. The van der Waals surface area contributed by atoms with Crippen LogP contribution in [0, 0.1) is 5.92 Å². The van der Waals surface area contributed by atoms with Crippen molar-refractivity contribution < 1.29 is 79.7 Å². The minimum absolute atomic E-state index is 0.448. The second-order valence-corrected chi connectivity index (χ2v) is 10.4. The van der Waals surface area contributed by atoms with E-state index in [0.717, 1.165) is 44.9 Å². The highest BCUT2D eigenvalue weighted by Gasteiger charge is 2.38. The average Bonchev–Trinajstić information content (AvgIpc) is 3.01. The van der Waals surface area contributed by atoms with E-state index < -0.39 is 98.3 Å². The van der Waals surface area contributed by atoms with E-state index >= 15 is 0 Å². The molecule has 0 bridgehead atoms. The number of ether oxygens (including phenoxy) is 2. The highest BCUT2D eigenvalue weighted by Crippen LogP contribution is 2.16. The minimum Gasteiger partial charge on any atom is -0.394 e. The van der Waals surface area contributed by atoms with Crippen molar-refractivity contribution >= 4 is 23.9 Å². The van der Waals surface area contributed by atoms with Crippen LogP contribution in [0.4, 0.5) is 0 Å². The number of rotatable bonds is 23. The van der Waals surface area contributed by atoms with Crippen LogP contribution in [0.25, 0.3) is 0 Å². The van der Waals surface area contributed by atoms with Crippen LogP contribution >= 0.6 is 0 Å². The van der Waals surface area contributed by atoms with Gasteiger partial charge in [0.25, 0.3) is 0 Å². The third-order valence-electron chi connectivity index (χ3n) is 6.69. The highest BCUT2D eigenvalue weighted by atomic mass is 16.6. The molecule has 0 aliphatic carbocycles. The Bertz CT molecular complexity index is 880. The molecule has 0 radical (unpaired) electrons. The molecule has 44 heavy (non-hydrogen) atoms. The zero-order chi connectivity index (χ0) is 33.8. The Kier molecular flexibility index (Phi) is 21.8. The molecular weight excluding hydrogens is 592 g/mol. The van der Waals surface area contributed by atoms with Crippen molar-refractivity contribution in [3.8, 4) is 0 Å². The van der Waals surface area contributed by atoms with Crippen LogP contribution in [0.5, 0.6) is 0 Å². The molecule has 0 aliphatic rings. The number of allylic oxidation sites excluding steroid dienone is 1. The molecule has 10 N–H and O–H groups in total. The van der Waals surface area contributed by atoms with Gasteiger partial charge in [0.1, 0.15) is 36.6 Å². The number of aliphatic hydroxyl groups is 10. The molecule has 16 heteroatoms. The van der Waals surface area contributed by atoms with Crippen LogP contribution in [-0.4, -0.2) is 137 Å². The molecule has 9 atom stereocenters. The van der Waals surface area contributed by atoms with Crippen LogP contribution < -0.4 is 0 Å². The van der Waals surface area contributed by atoms with Crippen molar-refractivity contribution in [3.63, 3.8) is 0 Å². The molecular formula is C28H48O16. The molecule has 0 saturated carbocycles. The van der Waals surface area contributed by atoms with E-state index in [0.29, 0.717) is 6.42 Å². The molecule has 256 valence electrons. The molecule has 0 rings (SSSR count). The van der Waals surface area contributed by atoms with Crippen LogP contribution in [0.3, 0.4) is 0 Å². The highest BCUT2D eigenvalue weighted by molar-refractivity contribution is 5.93. The summed E-state index contributed by atoms with van der Waals surface area (Å²) >= 11 is 0. The minimum atomic E-state index is -2.55. The maximum absolute atomic E-state index is 12.7. The van der Waals surface area contributed by atoms with Crippen molar-refractivity contribution in [1.29, 1.82) is 0 Å². The Morgan fingerprint density at radius 1 is 0.591 bits per heavy atom. The molecule has 16 nitrogen and oxygen atoms in total. The van der Waals surface area contributed by atoms with Gasteiger partial charge in [0.15, 0.2) is 12.2 Å². The first-order valence-electron chi connectivity index (χ1n) is 14.6. The second-order valence-electron chi connectivity index (χ2n) is 10.4. The standard InChI is InChI=1S/C28H48O16/c1-2-3-4-5-6-7-8-9-10-11-12-16(26(40)44-28(42)25(39)23(37)21(35)18(32)15-30)13-19(33)43-27(41)24(38)22(36)20(34)17(31)14-29/h11-12,16-18,20-25,29-32,34-39H,2-10,13-15H2,1H3/t16?,17-,18-,20-,21-,22+,23+,24-,25-/m1/s1. The summed E-state index contributed by atoms with van der Waals surface area (Å²) in [6, 6.07) is 0. The van der Waals surface area contributed by atoms with E-state index in [4.69, 9.17) is 10.2 Å². The topological polar surface area (TPSA) is 289 Å². The fourth-order valence-electron chi connectivity index (χ4n) is 3.84. The Hall–Kier alpha value is -2.38. The van der Waals surface area contributed by atoms with E-state index in [1.807, 2.05) is 0 Å². The molecule has 0 aliphatic heterocycles. The summed E-state index contributed by atoms with van der Waals surface area (Å²) in [4.78, 5) is 49.3. The first-order chi connectivity index (χ1) is 20.7. The van der Waals surface area contributed by atoms with Gasteiger partial charge in [0.05, 0.1) is 25.6 Å². The molecule has 0 saturated heterocycles. The summed E-state index contributed by atoms with van der Waals surface area (Å²) < 4.78 is 8.90. The summed E-state index contributed by atoms with van der Waals surface area (Å²) in [5, 5.41) is 95.1. The molecule has 0 heterocycles. The third-order valence-corrected chi connectivity index (χ3v) is 6.69. The molecule has 1 unspecified atom stereocenters. The lowest BCUT2D eigenvalue weighted by atomic mass is 10.0. The summed E-state index contributed by atoms with van der Waals surface area (Å²) in [6.07, 6.45) is -7.70. The van der Waals surface area contributed by atoms with Gasteiger partial charge in [-0.2, -0.15) is 0 Å². The smallest absolute Gasteiger partial charge is 0.345 e. The Balaban J connectivity index is 5.39. The van der Waals surface area contributed by atoms with Gasteiger partial charge < -0.3 is 60.5 Å². The molecule has 0 amide bonds. The number of aliphatic hydroxyl groups excluding tert-OH is 10. The number of hydrogen-bond acceptors (Lipinski definition) is 16. The van der Waals surface area contributed by atoms with Gasteiger partial charge in [0.2, 0.25) is 0 Å². The molecule has 0 aromatic rings. The van der Waals surface area contributed by atoms with E-state index in [1.54, 1.807) is 0 Å². The third kappa shape index (κ3) is 15.6. The summed E-state index contributed by atoms with van der Waals surface area (Å²) in [5.74, 6) is -8.04. The van der Waals surface area contributed by atoms with Crippen LogP contribution in [0.15, 0.2) is 12.2 Å². The Labute approximate surface area is 255 Å². The van der Waals surface area contributed by atoms with Crippen LogP contribution in [0.1, 0.15) is 71.1 Å². The van der Waals surface area contributed by atoms with E-state index in [-0.39, 0.29) is 0 Å². The number of carbonyl (C=O) groups is 4. The zero-order valence-electron chi connectivity index (χ0n) is 24.8. The predicted octanol–water partition coefficient (Wildman–Crippen LogP) is -2.91. The first-order valence-corrected chi connectivity index (χ1v) is 14.6. The molecule has 0 spiro atoms. The van der Waals surface area contributed by atoms with E-state index in [1.165, 1.54) is 18.6 Å². The van der Waals surface area contributed by atoms with Gasteiger partial charge in [-0.3, -0.25) is 9.59 Å². The SMILES string of the molecule is CCCCCCCCCCC=CC(CC(=O)OC(=O)[C@H](O)[C@@H](O)[C@H](O)[C@H](O)CO)C(=O)OC(=O)[C@H](O)[C@@H](O)[C@H](O)[C@H](O)CO. The lowest BCUT2D eigenvalue weighted by Gasteiger charge is -2.24. The van der Waals surface area contributed by atoms with E-state index in [9.17, 15) is 60.0 Å². The lowest BCUT2D eigenvalue weighted by Crippen LogP contribution is -2.49. The number of hydrogen-bond donors (Lipinski definition) is 10. The normalized spacial score (nSPS) is 18.0. The largest absolute Gasteiger partial charge is 0.394 e. The Morgan fingerprint density at radius 2 is 1.02 bits per heavy atom. The summed E-state index contributed by atoms with van der Waals surface area (Å²) in [7, 11) is 0. The van der Waals surface area contributed by atoms with Crippen LogP contribution in [0.2, 0.25) is 0 Å². The van der Waals surface area contributed by atoms with Gasteiger partial charge in [-0.1, -0.05) is 64.0 Å². The average molecular weight is 641 g/mol. The number of carbonyl (C=O) groups excluding carboxylic acids is 4. The van der Waals surface area contributed by atoms with Crippen molar-refractivity contribution in [1.82, 2.24) is 0 Å². The number of esters is 4. The summed E-state index contributed by atoms with van der Waals surface area (Å²) in [5.41, 5.74) is 0. The van der Waals surface area contributed by atoms with Gasteiger partial charge in [-0.05, 0) is 12.8 Å². The van der Waals surface area contributed by atoms with Gasteiger partial charge in [-0.15, -0.1) is 0 Å². The second kappa shape index (κ2) is 23.0. The quantitative estimate of drug-likeness (QED) is 0.0232. The van der Waals surface area contributed by atoms with Gasteiger partial charge in [0, 0.05) is 0 Å². The van der Waals surface area contributed by atoms with Gasteiger partial charge in [-0.25, -0.2) is 9.59 Å². The predicted molar refractivity (Wildman–Crippen MR) is 149 cm³/mol. The van der Waals surface area contributed by atoms with Crippen molar-refractivity contribution in [2.24, 2.45) is 5.92 Å². The van der Waals surface area contributed by atoms with E-state index in [2.05, 4.69) is 16.4 Å². The molecule has 0 aromatic heterocycles. The fourth-order valence-corrected chi connectivity index (χ4v) is 3.84. The van der Waals surface area contributed by atoms with Crippen molar-refractivity contribution in [2.75, 3.05) is 13.2 Å². The fraction of sp³-hybridized carbons (Fsp3) is 0.786. The Morgan fingerprint density at radius 3 is 1.48 bits per heavy atom. The first kappa shape index (κ1) is 41.6. The lowest BCUT2D eigenvalue weighted by molar-refractivity contribution is -0.182. The van der Waals surface area contributed by atoms with Crippen molar-refractivity contribution in [3.05, 3.63) is 12.2 Å². The molecule has 0 fully saturated rings. The maximum atomic E-state index is 12.7. The molecule has 0 aromatic carbocycles. The monoisotopic (exact) mass is 640 g/mol. The van der Waals surface area contributed by atoms with Crippen LogP contribution in [-0.2, 0) is 28.7 Å². The van der Waals surface area contributed by atoms with Gasteiger partial charge >= 0.3 is 23.9 Å². The summed E-state index contributed by atoms with van der Waals surface area (Å²) in [6.45, 7) is 0.0625. The zero-order valence-corrected chi connectivity index (χ0v) is 24.8.